The maximum Gasteiger partial charge on any atom is 0.408 e. The standard InChI is InChI=1S/C21H25NO6/c1-20(2,3)28-19(27)22-21(4,18(25)26)12-16(17(23)24)15-10-9-13-7-5-6-8-14(13)11-15/h5-11,16H,12H2,1-4H3,(H,22,27)(H,23,24)(H,25,26). The summed E-state index contributed by atoms with van der Waals surface area (Å²) in [6.45, 7) is 6.23. The van der Waals surface area contributed by atoms with Gasteiger partial charge in [0.2, 0.25) is 0 Å². The van der Waals surface area contributed by atoms with Crippen LogP contribution in [0.25, 0.3) is 10.8 Å². The Morgan fingerprint density at radius 2 is 1.61 bits per heavy atom. The average molecular weight is 387 g/mol. The number of aliphatic carboxylic acids is 2. The highest BCUT2D eigenvalue weighted by Crippen LogP contribution is 2.30. The van der Waals surface area contributed by atoms with Gasteiger partial charge in [-0.2, -0.15) is 0 Å². The highest BCUT2D eigenvalue weighted by Gasteiger charge is 2.41. The number of rotatable bonds is 6. The zero-order valence-electron chi connectivity index (χ0n) is 16.4. The maximum absolute atomic E-state index is 12.1. The first-order chi connectivity index (χ1) is 12.9. The molecular formula is C21H25NO6. The number of fused-ring (bicyclic) bond motifs is 1. The van der Waals surface area contributed by atoms with E-state index < -0.39 is 35.1 Å². The van der Waals surface area contributed by atoms with Gasteiger partial charge in [-0.05, 0) is 50.5 Å². The molecule has 0 heterocycles. The Balaban J connectivity index is 2.33. The van der Waals surface area contributed by atoms with E-state index in [9.17, 15) is 24.6 Å². The molecule has 0 bridgehead atoms. The number of nitrogens with one attached hydrogen (secondary N) is 1. The van der Waals surface area contributed by atoms with Gasteiger partial charge in [0.1, 0.15) is 11.1 Å². The Kier molecular flexibility index (Phi) is 5.97. The Labute approximate surface area is 163 Å². The van der Waals surface area contributed by atoms with Gasteiger partial charge in [0.25, 0.3) is 0 Å². The summed E-state index contributed by atoms with van der Waals surface area (Å²) in [6.07, 6.45) is -1.25. The first kappa shape index (κ1) is 21.2. The van der Waals surface area contributed by atoms with Crippen LogP contribution in [-0.2, 0) is 14.3 Å². The molecule has 2 aromatic rings. The smallest absolute Gasteiger partial charge is 0.408 e. The van der Waals surface area contributed by atoms with E-state index in [1.165, 1.54) is 6.92 Å². The quantitative estimate of drug-likeness (QED) is 0.695. The molecule has 2 rings (SSSR count). The molecule has 0 spiro atoms. The van der Waals surface area contributed by atoms with E-state index in [1.54, 1.807) is 39.0 Å². The first-order valence-electron chi connectivity index (χ1n) is 8.87. The van der Waals surface area contributed by atoms with E-state index in [0.717, 1.165) is 10.8 Å². The molecule has 7 heteroatoms. The van der Waals surface area contributed by atoms with Crippen LogP contribution in [0.2, 0.25) is 0 Å². The second-order valence-electron chi connectivity index (χ2n) is 7.97. The van der Waals surface area contributed by atoms with Gasteiger partial charge in [0.05, 0.1) is 5.92 Å². The van der Waals surface area contributed by atoms with Crippen LogP contribution >= 0.6 is 0 Å². The molecular weight excluding hydrogens is 362 g/mol. The second-order valence-corrected chi connectivity index (χ2v) is 7.97. The van der Waals surface area contributed by atoms with E-state index in [-0.39, 0.29) is 6.42 Å². The minimum atomic E-state index is -1.82. The fourth-order valence-corrected chi connectivity index (χ4v) is 2.90. The molecule has 7 nitrogen and oxygen atoms in total. The number of carbonyl (C=O) groups excluding carboxylic acids is 1. The van der Waals surface area contributed by atoms with Crippen molar-refractivity contribution in [1.29, 1.82) is 0 Å². The molecule has 28 heavy (non-hydrogen) atoms. The van der Waals surface area contributed by atoms with Crippen LogP contribution in [0.1, 0.15) is 45.6 Å². The van der Waals surface area contributed by atoms with E-state index >= 15 is 0 Å². The summed E-state index contributed by atoms with van der Waals surface area (Å²) in [5.41, 5.74) is -2.17. The van der Waals surface area contributed by atoms with Crippen molar-refractivity contribution < 1.29 is 29.3 Å². The van der Waals surface area contributed by atoms with Crippen LogP contribution in [-0.4, -0.2) is 39.4 Å². The lowest BCUT2D eigenvalue weighted by Gasteiger charge is -2.30. The van der Waals surface area contributed by atoms with Crippen LogP contribution in [0.15, 0.2) is 42.5 Å². The van der Waals surface area contributed by atoms with E-state index in [4.69, 9.17) is 4.74 Å². The molecule has 0 saturated carbocycles. The molecule has 1 amide bonds. The maximum atomic E-state index is 12.1. The van der Waals surface area contributed by atoms with Crippen molar-refractivity contribution >= 4 is 28.8 Å². The van der Waals surface area contributed by atoms with Crippen molar-refractivity contribution in [3.8, 4) is 0 Å². The third-order valence-electron chi connectivity index (χ3n) is 4.34. The molecule has 0 saturated heterocycles. The van der Waals surface area contributed by atoms with Gasteiger partial charge in [-0.1, -0.05) is 42.5 Å². The van der Waals surface area contributed by atoms with Crippen molar-refractivity contribution in [3.05, 3.63) is 48.0 Å². The van der Waals surface area contributed by atoms with E-state index in [2.05, 4.69) is 5.32 Å². The van der Waals surface area contributed by atoms with Crippen LogP contribution in [0.5, 0.6) is 0 Å². The van der Waals surface area contributed by atoms with Crippen molar-refractivity contribution in [2.24, 2.45) is 0 Å². The summed E-state index contributed by atoms with van der Waals surface area (Å²) in [5, 5.41) is 23.5. The number of hydrogen-bond acceptors (Lipinski definition) is 4. The third-order valence-corrected chi connectivity index (χ3v) is 4.34. The van der Waals surface area contributed by atoms with Crippen molar-refractivity contribution in [2.75, 3.05) is 0 Å². The Bertz CT molecular complexity index is 901. The number of carbonyl (C=O) groups is 3. The number of benzene rings is 2. The zero-order valence-corrected chi connectivity index (χ0v) is 16.4. The predicted molar refractivity (Wildman–Crippen MR) is 104 cm³/mol. The van der Waals surface area contributed by atoms with Gasteiger partial charge < -0.3 is 20.3 Å². The average Bonchev–Trinajstić information content (AvgIpc) is 2.57. The Morgan fingerprint density at radius 1 is 1.00 bits per heavy atom. The first-order valence-corrected chi connectivity index (χ1v) is 8.87. The summed E-state index contributed by atoms with van der Waals surface area (Å²) in [4.78, 5) is 35.9. The minimum Gasteiger partial charge on any atom is -0.481 e. The molecule has 0 fully saturated rings. The Morgan fingerprint density at radius 3 is 2.14 bits per heavy atom. The monoisotopic (exact) mass is 387 g/mol. The molecule has 0 aliphatic carbocycles. The summed E-state index contributed by atoms with van der Waals surface area (Å²) in [7, 11) is 0. The minimum absolute atomic E-state index is 0.338. The van der Waals surface area contributed by atoms with E-state index in [0.29, 0.717) is 5.56 Å². The number of amides is 1. The van der Waals surface area contributed by atoms with Gasteiger partial charge in [0.15, 0.2) is 0 Å². The van der Waals surface area contributed by atoms with Crippen molar-refractivity contribution in [3.63, 3.8) is 0 Å². The highest BCUT2D eigenvalue weighted by molar-refractivity contribution is 5.88. The van der Waals surface area contributed by atoms with Crippen LogP contribution < -0.4 is 5.32 Å². The van der Waals surface area contributed by atoms with Crippen LogP contribution in [0.3, 0.4) is 0 Å². The lowest BCUT2D eigenvalue weighted by atomic mass is 9.84. The highest BCUT2D eigenvalue weighted by atomic mass is 16.6. The molecule has 150 valence electrons. The number of alkyl carbamates (subject to hydrolysis) is 1. The van der Waals surface area contributed by atoms with Gasteiger partial charge in [-0.3, -0.25) is 4.79 Å². The molecule has 0 aliphatic heterocycles. The fourth-order valence-electron chi connectivity index (χ4n) is 2.90. The molecule has 0 aliphatic rings. The van der Waals surface area contributed by atoms with E-state index in [1.807, 2.05) is 24.3 Å². The second kappa shape index (κ2) is 7.88. The molecule has 3 N–H and O–H groups in total. The topological polar surface area (TPSA) is 113 Å². The van der Waals surface area contributed by atoms with Gasteiger partial charge in [-0.25, -0.2) is 9.59 Å². The van der Waals surface area contributed by atoms with Crippen LogP contribution in [0, 0.1) is 0 Å². The molecule has 2 aromatic carbocycles. The lowest BCUT2D eigenvalue weighted by Crippen LogP contribution is -2.54. The van der Waals surface area contributed by atoms with Gasteiger partial charge >= 0.3 is 18.0 Å². The zero-order chi connectivity index (χ0) is 21.1. The molecule has 0 aromatic heterocycles. The molecule has 2 unspecified atom stereocenters. The summed E-state index contributed by atoms with van der Waals surface area (Å²) in [5.74, 6) is -3.64. The summed E-state index contributed by atoms with van der Waals surface area (Å²) >= 11 is 0. The fraction of sp³-hybridized carbons (Fsp3) is 0.381. The predicted octanol–water partition coefficient (Wildman–Crippen LogP) is 3.77. The SMILES string of the molecule is CC(C)(C)OC(=O)NC(C)(CC(C(=O)O)c1ccc2ccccc2c1)C(=O)O. The summed E-state index contributed by atoms with van der Waals surface area (Å²) < 4.78 is 5.13. The molecule has 0 radical (unpaired) electrons. The van der Waals surface area contributed by atoms with Gasteiger partial charge in [0, 0.05) is 0 Å². The van der Waals surface area contributed by atoms with Crippen molar-refractivity contribution in [2.45, 2.75) is 51.2 Å². The number of carboxylic acid groups (broad SMARTS) is 2. The largest absolute Gasteiger partial charge is 0.481 e. The van der Waals surface area contributed by atoms with Crippen LogP contribution in [0.4, 0.5) is 4.79 Å². The van der Waals surface area contributed by atoms with Crippen molar-refractivity contribution in [1.82, 2.24) is 5.32 Å². The number of hydrogen-bond donors (Lipinski definition) is 3. The normalized spacial score (nSPS) is 14.7. The third kappa shape index (κ3) is 5.22. The summed E-state index contributed by atoms with van der Waals surface area (Å²) in [6, 6.07) is 12.7. The molecule has 2 atom stereocenters. The van der Waals surface area contributed by atoms with Gasteiger partial charge in [-0.15, -0.1) is 0 Å². The number of ether oxygens (including phenoxy) is 1. The number of carboxylic acids is 2. The lowest BCUT2D eigenvalue weighted by molar-refractivity contribution is -0.146. The Hall–Kier alpha value is -3.09.